The number of aromatic nitrogens is 1. The van der Waals surface area contributed by atoms with Crippen LogP contribution in [0.15, 0.2) is 212 Å². The van der Waals surface area contributed by atoms with Gasteiger partial charge >= 0.3 is 0 Å². The van der Waals surface area contributed by atoms with E-state index in [9.17, 15) is 0 Å². The van der Waals surface area contributed by atoms with E-state index >= 15 is 0 Å². The fourth-order valence-electron chi connectivity index (χ4n) is 10.5. The molecule has 3 heteroatoms. The first-order valence-corrected chi connectivity index (χ1v) is 23.2. The summed E-state index contributed by atoms with van der Waals surface area (Å²) in [7, 11) is 0. The third kappa shape index (κ3) is 5.21. The van der Waals surface area contributed by atoms with Crippen LogP contribution in [-0.2, 0) is 0 Å². The van der Waals surface area contributed by atoms with Gasteiger partial charge in [-0.15, -0.1) is 22.7 Å². The van der Waals surface area contributed by atoms with Gasteiger partial charge in [0.1, 0.15) is 0 Å². The predicted molar refractivity (Wildman–Crippen MR) is 275 cm³/mol. The Morgan fingerprint density at radius 2 is 0.651 bits per heavy atom. The van der Waals surface area contributed by atoms with Gasteiger partial charge in [0, 0.05) is 56.8 Å². The lowest BCUT2D eigenvalue weighted by molar-refractivity contribution is 1.18. The summed E-state index contributed by atoms with van der Waals surface area (Å²) in [6.07, 6.45) is 0. The van der Waals surface area contributed by atoms with E-state index < -0.39 is 0 Å². The van der Waals surface area contributed by atoms with Crippen molar-refractivity contribution in [2.24, 2.45) is 0 Å². The SMILES string of the molecule is c1ccc2c(c1)sc1c(-c3ccc4c(c3)c3cc(-c5cccc6c5sc5ccccc56)ccc3n4-c3ccc(-c4ccc5c6ccccc6c6ccccc6c5c4)cc3)cccc12. The molecule has 0 bridgehead atoms. The van der Waals surface area contributed by atoms with Gasteiger partial charge in [0.05, 0.1) is 11.0 Å². The average molecular weight is 834 g/mol. The van der Waals surface area contributed by atoms with Gasteiger partial charge in [-0.1, -0.05) is 158 Å². The third-order valence-corrected chi connectivity index (χ3v) is 15.8. The minimum atomic E-state index is 1.15. The molecule has 0 spiro atoms. The molecule has 0 amide bonds. The Morgan fingerprint density at radius 3 is 1.17 bits per heavy atom. The number of nitrogens with zero attached hydrogens (tertiary/aromatic N) is 1. The summed E-state index contributed by atoms with van der Waals surface area (Å²) in [6.45, 7) is 0. The van der Waals surface area contributed by atoms with Gasteiger partial charge < -0.3 is 4.57 Å². The third-order valence-electron chi connectivity index (χ3n) is 13.4. The molecular weight excluding hydrogens is 799 g/mol. The van der Waals surface area contributed by atoms with Gasteiger partial charge in [0.25, 0.3) is 0 Å². The molecular formula is C60H35NS2. The van der Waals surface area contributed by atoms with Crippen molar-refractivity contribution in [1.29, 1.82) is 0 Å². The summed E-state index contributed by atoms with van der Waals surface area (Å²) < 4.78 is 7.79. The molecule has 14 rings (SSSR count). The summed E-state index contributed by atoms with van der Waals surface area (Å²) in [5.74, 6) is 0. The Kier molecular flexibility index (Phi) is 7.50. The molecule has 292 valence electrons. The van der Waals surface area contributed by atoms with Gasteiger partial charge in [-0.05, 0) is 120 Å². The molecule has 0 aliphatic heterocycles. The molecule has 11 aromatic carbocycles. The Bertz CT molecular complexity index is 3990. The summed E-state index contributed by atoms with van der Waals surface area (Å²) >= 11 is 3.79. The minimum Gasteiger partial charge on any atom is -0.309 e. The van der Waals surface area contributed by atoms with Crippen molar-refractivity contribution in [2.45, 2.75) is 0 Å². The molecule has 0 aliphatic carbocycles. The lowest BCUT2D eigenvalue weighted by atomic mass is 9.92. The Balaban J connectivity index is 0.954. The molecule has 3 aromatic heterocycles. The van der Waals surface area contributed by atoms with Gasteiger partial charge in [-0.3, -0.25) is 0 Å². The monoisotopic (exact) mass is 833 g/mol. The minimum absolute atomic E-state index is 1.15. The van der Waals surface area contributed by atoms with Crippen molar-refractivity contribution >= 4 is 117 Å². The summed E-state index contributed by atoms with van der Waals surface area (Å²) in [5, 5.41) is 15.6. The molecule has 0 saturated heterocycles. The molecule has 0 fully saturated rings. The van der Waals surface area contributed by atoms with E-state index in [0.29, 0.717) is 0 Å². The van der Waals surface area contributed by atoms with Crippen LogP contribution in [0, 0.1) is 0 Å². The number of hydrogen-bond acceptors (Lipinski definition) is 2. The second-order valence-electron chi connectivity index (χ2n) is 16.8. The van der Waals surface area contributed by atoms with Gasteiger partial charge in [-0.2, -0.15) is 0 Å². The van der Waals surface area contributed by atoms with Crippen LogP contribution in [-0.4, -0.2) is 4.57 Å². The second-order valence-corrected chi connectivity index (χ2v) is 18.9. The topological polar surface area (TPSA) is 4.93 Å². The first kappa shape index (κ1) is 35.1. The van der Waals surface area contributed by atoms with Gasteiger partial charge in [0.2, 0.25) is 0 Å². The highest BCUT2D eigenvalue weighted by Gasteiger charge is 2.19. The van der Waals surface area contributed by atoms with Crippen LogP contribution in [0.1, 0.15) is 0 Å². The van der Waals surface area contributed by atoms with E-state index in [-0.39, 0.29) is 0 Å². The van der Waals surface area contributed by atoms with E-state index in [1.54, 1.807) is 0 Å². The Labute approximate surface area is 370 Å². The maximum Gasteiger partial charge on any atom is 0.0541 e. The molecule has 0 atom stereocenters. The van der Waals surface area contributed by atoms with Crippen molar-refractivity contribution in [3.63, 3.8) is 0 Å². The standard InChI is InChI=1S/C60H35NS2/c1-2-13-45-43(11-1)44-12-3-4-14-46(44)52-33-37(25-30-47(45)52)36-23-28-40(29-24-36)61-55-31-26-38(41-17-9-19-50-48-15-5-7-21-57(48)62-59(41)50)34-53(55)54-35-39(27-32-56(54)61)42-18-10-20-51-49-16-6-8-22-58(49)63-60(42)51/h1-35H. The molecule has 0 unspecified atom stereocenters. The second kappa shape index (κ2) is 13.5. The zero-order valence-corrected chi connectivity index (χ0v) is 35.6. The number of fused-ring (bicyclic) bond motifs is 15. The van der Waals surface area contributed by atoms with Gasteiger partial charge in [-0.25, -0.2) is 0 Å². The number of thiophene rings is 2. The van der Waals surface area contributed by atoms with E-state index in [0.717, 1.165) is 5.69 Å². The van der Waals surface area contributed by atoms with Crippen LogP contribution < -0.4 is 0 Å². The van der Waals surface area contributed by atoms with Crippen LogP contribution in [0.25, 0.3) is 134 Å². The molecule has 63 heavy (non-hydrogen) atoms. The van der Waals surface area contributed by atoms with Gasteiger partial charge in [0.15, 0.2) is 0 Å². The number of benzene rings is 11. The number of rotatable bonds is 4. The van der Waals surface area contributed by atoms with E-state index in [1.165, 1.54) is 128 Å². The highest BCUT2D eigenvalue weighted by atomic mass is 32.1. The van der Waals surface area contributed by atoms with Crippen LogP contribution in [0.5, 0.6) is 0 Å². The largest absolute Gasteiger partial charge is 0.309 e. The van der Waals surface area contributed by atoms with Crippen molar-refractivity contribution < 1.29 is 0 Å². The van der Waals surface area contributed by atoms with Crippen molar-refractivity contribution in [3.05, 3.63) is 212 Å². The molecule has 0 radical (unpaired) electrons. The van der Waals surface area contributed by atoms with Crippen LogP contribution in [0.4, 0.5) is 0 Å². The molecule has 1 nitrogen and oxygen atoms in total. The quantitative estimate of drug-likeness (QED) is 0.156. The molecule has 0 aliphatic rings. The molecule has 0 saturated carbocycles. The smallest absolute Gasteiger partial charge is 0.0541 e. The first-order valence-electron chi connectivity index (χ1n) is 21.6. The van der Waals surface area contributed by atoms with Crippen LogP contribution in [0.2, 0.25) is 0 Å². The van der Waals surface area contributed by atoms with Crippen LogP contribution >= 0.6 is 22.7 Å². The summed E-state index contributed by atoms with van der Waals surface area (Å²) in [4.78, 5) is 0. The Hall–Kier alpha value is -7.56. The fraction of sp³-hybridized carbons (Fsp3) is 0. The normalized spacial score (nSPS) is 12.1. The van der Waals surface area contributed by atoms with E-state index in [2.05, 4.69) is 217 Å². The molecule has 0 N–H and O–H groups in total. The van der Waals surface area contributed by atoms with Crippen molar-refractivity contribution in [3.8, 4) is 39.1 Å². The number of hydrogen-bond donors (Lipinski definition) is 0. The zero-order chi connectivity index (χ0) is 41.2. The maximum atomic E-state index is 2.46. The van der Waals surface area contributed by atoms with E-state index in [1.807, 2.05) is 22.7 Å². The fourth-order valence-corrected chi connectivity index (χ4v) is 13.0. The van der Waals surface area contributed by atoms with Crippen LogP contribution in [0.3, 0.4) is 0 Å². The maximum absolute atomic E-state index is 2.46. The van der Waals surface area contributed by atoms with Crippen molar-refractivity contribution in [2.75, 3.05) is 0 Å². The highest BCUT2D eigenvalue weighted by molar-refractivity contribution is 7.26. The average Bonchev–Trinajstić information content (AvgIpc) is 4.03. The van der Waals surface area contributed by atoms with E-state index in [4.69, 9.17) is 0 Å². The first-order chi connectivity index (χ1) is 31.2. The Morgan fingerprint density at radius 1 is 0.254 bits per heavy atom. The molecule has 14 aromatic rings. The summed E-state index contributed by atoms with van der Waals surface area (Å²) in [6, 6.07) is 79.2. The highest BCUT2D eigenvalue weighted by Crippen LogP contribution is 2.45. The summed E-state index contributed by atoms with van der Waals surface area (Å²) in [5.41, 5.74) is 11.0. The lowest BCUT2D eigenvalue weighted by Crippen LogP contribution is -1.94. The lowest BCUT2D eigenvalue weighted by Gasteiger charge is -2.13. The zero-order valence-electron chi connectivity index (χ0n) is 34.0. The predicted octanol–water partition coefficient (Wildman–Crippen LogP) is 18.0. The molecule has 3 heterocycles. The van der Waals surface area contributed by atoms with Crippen molar-refractivity contribution in [1.82, 2.24) is 4.57 Å².